The van der Waals surface area contributed by atoms with E-state index in [4.69, 9.17) is 0 Å². The van der Waals surface area contributed by atoms with Crippen LogP contribution in [0.2, 0.25) is 0 Å². The van der Waals surface area contributed by atoms with Crippen LogP contribution in [0.15, 0.2) is 54.9 Å². The summed E-state index contributed by atoms with van der Waals surface area (Å²) in [5.74, 6) is -0.579. The zero-order valence-corrected chi connectivity index (χ0v) is 11.7. The topological polar surface area (TPSA) is 50.9 Å². The van der Waals surface area contributed by atoms with Gasteiger partial charge in [-0.2, -0.15) is 0 Å². The molecule has 4 nitrogen and oxygen atoms in total. The van der Waals surface area contributed by atoms with Gasteiger partial charge in [-0.15, -0.1) is 5.10 Å². The Morgan fingerprint density at radius 2 is 1.73 bits per heavy atom. The lowest BCUT2D eigenvalue weighted by atomic mass is 10.0. The van der Waals surface area contributed by atoms with Gasteiger partial charge in [0, 0.05) is 11.1 Å². The minimum atomic E-state index is -1.68. The van der Waals surface area contributed by atoms with Crippen molar-refractivity contribution in [3.8, 4) is 11.4 Å². The minimum absolute atomic E-state index is 0.0885. The van der Waals surface area contributed by atoms with E-state index in [1.54, 1.807) is 12.1 Å². The first-order valence-electron chi connectivity index (χ1n) is 6.64. The van der Waals surface area contributed by atoms with Gasteiger partial charge in [0.25, 0.3) is 0 Å². The van der Waals surface area contributed by atoms with Crippen LogP contribution in [0, 0.1) is 11.6 Å². The summed E-state index contributed by atoms with van der Waals surface area (Å²) in [6.45, 7) is 1.43. The lowest BCUT2D eigenvalue weighted by Gasteiger charge is -2.24. The van der Waals surface area contributed by atoms with Gasteiger partial charge in [-0.3, -0.25) is 0 Å². The van der Waals surface area contributed by atoms with E-state index in [0.717, 1.165) is 0 Å². The summed E-state index contributed by atoms with van der Waals surface area (Å²) >= 11 is 0. The normalized spacial score (nSPS) is 13.8. The van der Waals surface area contributed by atoms with E-state index in [9.17, 15) is 13.9 Å². The number of benzene rings is 2. The Morgan fingerprint density at radius 3 is 2.41 bits per heavy atom. The van der Waals surface area contributed by atoms with E-state index in [1.165, 1.54) is 54.3 Å². The Kier molecular flexibility index (Phi) is 3.46. The van der Waals surface area contributed by atoms with Gasteiger partial charge < -0.3 is 5.11 Å². The molecule has 3 aromatic rings. The van der Waals surface area contributed by atoms with Crippen LogP contribution < -0.4 is 0 Å². The molecule has 1 atom stereocenters. The molecule has 22 heavy (non-hydrogen) atoms. The van der Waals surface area contributed by atoms with Crippen molar-refractivity contribution in [1.29, 1.82) is 0 Å². The molecule has 0 aliphatic carbocycles. The molecule has 0 fully saturated rings. The number of rotatable bonds is 3. The molecule has 0 amide bonds. The maximum absolute atomic E-state index is 13.9. The zero-order chi connectivity index (χ0) is 15.7. The standard InChI is InChI=1S/C16H13F2N3O/c1-16(22,13-4-2-3-5-14(13)18)21-10-19-15(20-21)11-6-8-12(17)9-7-11/h2-10,22H,1H3. The minimum Gasteiger partial charge on any atom is -0.365 e. The van der Waals surface area contributed by atoms with Crippen molar-refractivity contribution in [2.24, 2.45) is 0 Å². The quantitative estimate of drug-likeness (QED) is 0.809. The fourth-order valence-electron chi connectivity index (χ4n) is 2.17. The maximum Gasteiger partial charge on any atom is 0.185 e. The number of hydrogen-bond donors (Lipinski definition) is 1. The smallest absolute Gasteiger partial charge is 0.185 e. The number of aromatic nitrogens is 3. The Labute approximate surface area is 125 Å². The highest BCUT2D eigenvalue weighted by atomic mass is 19.1. The molecule has 112 valence electrons. The van der Waals surface area contributed by atoms with Crippen LogP contribution in [0.25, 0.3) is 11.4 Å². The van der Waals surface area contributed by atoms with E-state index in [0.29, 0.717) is 11.4 Å². The molecular weight excluding hydrogens is 288 g/mol. The molecule has 0 radical (unpaired) electrons. The predicted octanol–water partition coefficient (Wildman–Crippen LogP) is 2.94. The molecular formula is C16H13F2N3O. The highest BCUT2D eigenvalue weighted by Crippen LogP contribution is 2.25. The SMILES string of the molecule is CC(O)(c1ccccc1F)n1cnc(-c2ccc(F)cc2)n1. The number of aliphatic hydroxyl groups is 1. The Balaban J connectivity index is 1.99. The molecule has 1 heterocycles. The van der Waals surface area contributed by atoms with Crippen molar-refractivity contribution in [3.05, 3.63) is 72.1 Å². The Morgan fingerprint density at radius 1 is 1.05 bits per heavy atom. The van der Waals surface area contributed by atoms with Crippen molar-refractivity contribution >= 4 is 0 Å². The highest BCUT2D eigenvalue weighted by Gasteiger charge is 2.30. The van der Waals surface area contributed by atoms with Crippen molar-refractivity contribution in [3.63, 3.8) is 0 Å². The first kappa shape index (κ1) is 14.3. The van der Waals surface area contributed by atoms with E-state index in [1.807, 2.05) is 0 Å². The molecule has 6 heteroatoms. The van der Waals surface area contributed by atoms with E-state index in [2.05, 4.69) is 10.1 Å². The molecule has 0 spiro atoms. The maximum atomic E-state index is 13.9. The molecule has 1 aromatic heterocycles. The second-order valence-electron chi connectivity index (χ2n) is 5.02. The van der Waals surface area contributed by atoms with Crippen LogP contribution in [0.4, 0.5) is 8.78 Å². The van der Waals surface area contributed by atoms with Crippen molar-refractivity contribution in [2.45, 2.75) is 12.6 Å². The first-order valence-corrected chi connectivity index (χ1v) is 6.64. The average molecular weight is 301 g/mol. The first-order chi connectivity index (χ1) is 10.5. The fourth-order valence-corrected chi connectivity index (χ4v) is 2.17. The van der Waals surface area contributed by atoms with Crippen molar-refractivity contribution in [2.75, 3.05) is 0 Å². The predicted molar refractivity (Wildman–Crippen MR) is 76.8 cm³/mol. The molecule has 0 aliphatic rings. The molecule has 1 unspecified atom stereocenters. The molecule has 0 bridgehead atoms. The van der Waals surface area contributed by atoms with Gasteiger partial charge in [-0.25, -0.2) is 18.4 Å². The van der Waals surface area contributed by atoms with Gasteiger partial charge in [0.1, 0.15) is 18.0 Å². The Hall–Kier alpha value is -2.60. The lowest BCUT2D eigenvalue weighted by molar-refractivity contribution is 0.00932. The van der Waals surface area contributed by atoms with Crippen LogP contribution in [0.5, 0.6) is 0 Å². The van der Waals surface area contributed by atoms with Crippen LogP contribution in [-0.4, -0.2) is 19.9 Å². The summed E-state index contributed by atoms with van der Waals surface area (Å²) in [5, 5.41) is 14.8. The van der Waals surface area contributed by atoms with Crippen LogP contribution in [0.3, 0.4) is 0 Å². The lowest BCUT2D eigenvalue weighted by Crippen LogP contribution is -2.32. The summed E-state index contributed by atoms with van der Waals surface area (Å²) in [4.78, 5) is 4.08. The summed E-state index contributed by atoms with van der Waals surface area (Å²) < 4.78 is 28.0. The summed E-state index contributed by atoms with van der Waals surface area (Å²) in [5.41, 5.74) is -0.994. The third-order valence-electron chi connectivity index (χ3n) is 3.42. The summed E-state index contributed by atoms with van der Waals surface area (Å²) in [7, 11) is 0. The van der Waals surface area contributed by atoms with Crippen molar-refractivity contribution in [1.82, 2.24) is 14.8 Å². The molecule has 3 rings (SSSR count). The van der Waals surface area contributed by atoms with Crippen LogP contribution >= 0.6 is 0 Å². The van der Waals surface area contributed by atoms with Gasteiger partial charge >= 0.3 is 0 Å². The monoisotopic (exact) mass is 301 g/mol. The van der Waals surface area contributed by atoms with Crippen LogP contribution in [0.1, 0.15) is 12.5 Å². The third-order valence-corrected chi connectivity index (χ3v) is 3.42. The fraction of sp³-hybridized carbons (Fsp3) is 0.125. The number of nitrogens with zero attached hydrogens (tertiary/aromatic N) is 3. The van der Waals surface area contributed by atoms with E-state index >= 15 is 0 Å². The molecule has 0 saturated carbocycles. The zero-order valence-electron chi connectivity index (χ0n) is 11.7. The van der Waals surface area contributed by atoms with Crippen LogP contribution in [-0.2, 0) is 5.72 Å². The largest absolute Gasteiger partial charge is 0.365 e. The van der Waals surface area contributed by atoms with Gasteiger partial charge in [0.15, 0.2) is 11.5 Å². The average Bonchev–Trinajstić information content (AvgIpc) is 2.99. The van der Waals surface area contributed by atoms with Crippen molar-refractivity contribution < 1.29 is 13.9 Å². The van der Waals surface area contributed by atoms with Gasteiger partial charge in [0.05, 0.1) is 0 Å². The van der Waals surface area contributed by atoms with Gasteiger partial charge in [0.2, 0.25) is 0 Å². The number of hydrogen-bond acceptors (Lipinski definition) is 3. The number of halogens is 2. The van der Waals surface area contributed by atoms with E-state index < -0.39 is 11.5 Å². The van der Waals surface area contributed by atoms with E-state index in [-0.39, 0.29) is 11.4 Å². The Bertz CT molecular complexity index is 797. The molecule has 0 aliphatic heterocycles. The highest BCUT2D eigenvalue weighted by molar-refractivity contribution is 5.53. The van der Waals surface area contributed by atoms with Gasteiger partial charge in [-0.1, -0.05) is 18.2 Å². The van der Waals surface area contributed by atoms with Gasteiger partial charge in [-0.05, 0) is 37.3 Å². The molecule has 0 saturated heterocycles. The summed E-state index contributed by atoms with van der Waals surface area (Å²) in [6, 6.07) is 11.6. The third kappa shape index (κ3) is 2.48. The molecule has 2 aromatic carbocycles. The second kappa shape index (κ2) is 5.31. The molecule has 1 N–H and O–H groups in total. The summed E-state index contributed by atoms with van der Waals surface area (Å²) in [6.07, 6.45) is 1.31. The second-order valence-corrected chi connectivity index (χ2v) is 5.02.